The van der Waals surface area contributed by atoms with E-state index in [1.165, 1.54) is 25.7 Å². The number of benzene rings is 1. The van der Waals surface area contributed by atoms with Crippen LogP contribution >= 0.6 is 0 Å². The van der Waals surface area contributed by atoms with E-state index in [-0.39, 0.29) is 0 Å². The van der Waals surface area contributed by atoms with E-state index in [1.54, 1.807) is 0 Å². The minimum absolute atomic E-state index is 0.421. The van der Waals surface area contributed by atoms with Gasteiger partial charge in [-0.1, -0.05) is 31.0 Å². The largest absolute Gasteiger partial charge is 0.490 e. The molecule has 2 aliphatic rings. The number of rotatable bonds is 3. The summed E-state index contributed by atoms with van der Waals surface area (Å²) in [6, 6.07) is 10.9. The van der Waals surface area contributed by atoms with Gasteiger partial charge in [0.15, 0.2) is 0 Å². The third-order valence-electron chi connectivity index (χ3n) is 4.69. The van der Waals surface area contributed by atoms with Crippen LogP contribution in [0.5, 0.6) is 5.75 Å². The first-order valence-electron chi connectivity index (χ1n) is 6.74. The summed E-state index contributed by atoms with van der Waals surface area (Å²) in [4.78, 5) is 0. The monoisotopic (exact) mass is 231 g/mol. The number of ether oxygens (including phenoxy) is 1. The van der Waals surface area contributed by atoms with Crippen LogP contribution in [-0.2, 0) is 0 Å². The molecular formula is C15H21NO. The zero-order chi connectivity index (χ0) is 11.7. The van der Waals surface area contributed by atoms with Crippen LogP contribution in [0.15, 0.2) is 30.3 Å². The van der Waals surface area contributed by atoms with Gasteiger partial charge in [0, 0.05) is 17.9 Å². The van der Waals surface area contributed by atoms with Gasteiger partial charge in [-0.25, -0.2) is 0 Å². The summed E-state index contributed by atoms with van der Waals surface area (Å²) in [7, 11) is 2.09. The Balaban J connectivity index is 1.72. The standard InChI is InChI=1S/C15H21NO/c1-16-13-11-14(15(13)9-5-6-10-15)17-12-7-3-2-4-8-12/h2-4,7-8,13-14,16H,5-6,9-11H2,1H3. The number of hydrogen-bond donors (Lipinski definition) is 1. The van der Waals surface area contributed by atoms with Crippen molar-refractivity contribution >= 4 is 0 Å². The summed E-state index contributed by atoms with van der Waals surface area (Å²) < 4.78 is 6.18. The SMILES string of the molecule is CNC1CC(Oc2ccccc2)C12CCCC2. The molecule has 0 radical (unpaired) electrons. The smallest absolute Gasteiger partial charge is 0.119 e. The third-order valence-corrected chi connectivity index (χ3v) is 4.69. The van der Waals surface area contributed by atoms with Gasteiger partial charge in [-0.15, -0.1) is 0 Å². The minimum Gasteiger partial charge on any atom is -0.490 e. The summed E-state index contributed by atoms with van der Waals surface area (Å²) >= 11 is 0. The molecule has 1 aromatic carbocycles. The molecule has 0 saturated heterocycles. The highest BCUT2D eigenvalue weighted by molar-refractivity contribution is 5.23. The average molecular weight is 231 g/mol. The zero-order valence-electron chi connectivity index (χ0n) is 10.5. The lowest BCUT2D eigenvalue weighted by Gasteiger charge is -2.53. The van der Waals surface area contributed by atoms with Crippen molar-refractivity contribution < 1.29 is 4.74 Å². The summed E-state index contributed by atoms with van der Waals surface area (Å²) in [5.41, 5.74) is 0.421. The molecule has 2 nitrogen and oxygen atoms in total. The molecule has 0 aromatic heterocycles. The number of hydrogen-bond acceptors (Lipinski definition) is 2. The first kappa shape index (κ1) is 11.1. The van der Waals surface area contributed by atoms with E-state index >= 15 is 0 Å². The Morgan fingerprint density at radius 3 is 2.53 bits per heavy atom. The van der Waals surface area contributed by atoms with E-state index in [4.69, 9.17) is 4.74 Å². The van der Waals surface area contributed by atoms with Crippen molar-refractivity contribution in [1.29, 1.82) is 0 Å². The van der Waals surface area contributed by atoms with Gasteiger partial charge < -0.3 is 10.1 Å². The van der Waals surface area contributed by atoms with E-state index in [1.807, 2.05) is 18.2 Å². The Kier molecular flexibility index (Phi) is 2.83. The quantitative estimate of drug-likeness (QED) is 0.863. The van der Waals surface area contributed by atoms with Gasteiger partial charge in [0.2, 0.25) is 0 Å². The molecule has 2 heteroatoms. The van der Waals surface area contributed by atoms with E-state index in [0.717, 1.165) is 12.2 Å². The molecule has 2 saturated carbocycles. The summed E-state index contributed by atoms with van der Waals surface area (Å²) in [6.07, 6.45) is 6.97. The molecule has 0 amide bonds. The Morgan fingerprint density at radius 1 is 1.18 bits per heavy atom. The topological polar surface area (TPSA) is 21.3 Å². The first-order valence-corrected chi connectivity index (χ1v) is 6.74. The molecule has 2 unspecified atom stereocenters. The molecule has 0 aliphatic heterocycles. The second-order valence-corrected chi connectivity index (χ2v) is 5.44. The second kappa shape index (κ2) is 4.34. The lowest BCUT2D eigenvalue weighted by atomic mass is 9.60. The van der Waals surface area contributed by atoms with Gasteiger partial charge in [-0.05, 0) is 32.0 Å². The van der Waals surface area contributed by atoms with Crippen molar-refractivity contribution in [3.8, 4) is 5.75 Å². The van der Waals surface area contributed by atoms with Gasteiger partial charge in [-0.2, -0.15) is 0 Å². The molecule has 0 bridgehead atoms. The van der Waals surface area contributed by atoms with Gasteiger partial charge in [-0.3, -0.25) is 0 Å². The molecule has 17 heavy (non-hydrogen) atoms. The normalized spacial score (nSPS) is 30.2. The molecule has 2 fully saturated rings. The number of nitrogens with one attached hydrogen (secondary N) is 1. The van der Waals surface area contributed by atoms with Crippen LogP contribution in [0.2, 0.25) is 0 Å². The minimum atomic E-state index is 0.421. The van der Waals surface area contributed by atoms with Crippen LogP contribution in [0.25, 0.3) is 0 Å². The summed E-state index contributed by atoms with van der Waals surface area (Å²) in [6.45, 7) is 0. The Hall–Kier alpha value is -1.02. The van der Waals surface area contributed by atoms with E-state index in [0.29, 0.717) is 17.6 Å². The zero-order valence-corrected chi connectivity index (χ0v) is 10.5. The molecule has 1 N–H and O–H groups in total. The Morgan fingerprint density at radius 2 is 1.88 bits per heavy atom. The highest BCUT2D eigenvalue weighted by Crippen LogP contribution is 2.54. The molecule has 1 spiro atoms. The first-order chi connectivity index (χ1) is 8.35. The molecule has 0 heterocycles. The van der Waals surface area contributed by atoms with Crippen molar-refractivity contribution in [2.75, 3.05) is 7.05 Å². The van der Waals surface area contributed by atoms with Crippen LogP contribution < -0.4 is 10.1 Å². The predicted octanol–water partition coefficient (Wildman–Crippen LogP) is 2.99. The fourth-order valence-electron chi connectivity index (χ4n) is 3.69. The molecule has 92 valence electrons. The second-order valence-electron chi connectivity index (χ2n) is 5.44. The van der Waals surface area contributed by atoms with Gasteiger partial charge in [0.25, 0.3) is 0 Å². The van der Waals surface area contributed by atoms with E-state index in [9.17, 15) is 0 Å². The van der Waals surface area contributed by atoms with Crippen molar-refractivity contribution in [2.45, 2.75) is 44.2 Å². The van der Waals surface area contributed by atoms with Crippen molar-refractivity contribution in [3.05, 3.63) is 30.3 Å². The van der Waals surface area contributed by atoms with Crippen LogP contribution in [0.4, 0.5) is 0 Å². The van der Waals surface area contributed by atoms with Gasteiger partial charge in [0.05, 0.1) is 0 Å². The molecule has 2 atom stereocenters. The lowest BCUT2D eigenvalue weighted by molar-refractivity contribution is -0.0736. The van der Waals surface area contributed by atoms with Crippen LogP contribution in [-0.4, -0.2) is 19.2 Å². The van der Waals surface area contributed by atoms with Crippen molar-refractivity contribution in [3.63, 3.8) is 0 Å². The maximum absolute atomic E-state index is 6.18. The maximum atomic E-state index is 6.18. The Labute approximate surface area is 103 Å². The van der Waals surface area contributed by atoms with Crippen molar-refractivity contribution in [1.82, 2.24) is 5.32 Å². The van der Waals surface area contributed by atoms with Crippen LogP contribution in [0.3, 0.4) is 0 Å². The molecule has 1 aromatic rings. The predicted molar refractivity (Wildman–Crippen MR) is 69.2 cm³/mol. The summed E-state index contributed by atoms with van der Waals surface area (Å²) in [5.74, 6) is 1.03. The molecule has 3 rings (SSSR count). The Bertz CT molecular complexity index is 370. The van der Waals surface area contributed by atoms with E-state index < -0.39 is 0 Å². The maximum Gasteiger partial charge on any atom is 0.119 e. The highest BCUT2D eigenvalue weighted by Gasteiger charge is 2.56. The van der Waals surface area contributed by atoms with Gasteiger partial charge in [0.1, 0.15) is 11.9 Å². The molecule has 2 aliphatic carbocycles. The highest BCUT2D eigenvalue weighted by atomic mass is 16.5. The van der Waals surface area contributed by atoms with E-state index in [2.05, 4.69) is 24.5 Å². The third kappa shape index (κ3) is 1.75. The van der Waals surface area contributed by atoms with Crippen LogP contribution in [0, 0.1) is 5.41 Å². The summed E-state index contributed by atoms with van der Waals surface area (Å²) in [5, 5.41) is 3.47. The average Bonchev–Trinajstić information content (AvgIpc) is 2.87. The van der Waals surface area contributed by atoms with Crippen LogP contribution in [0.1, 0.15) is 32.1 Å². The number of para-hydroxylation sites is 1. The van der Waals surface area contributed by atoms with Crippen molar-refractivity contribution in [2.24, 2.45) is 5.41 Å². The fraction of sp³-hybridized carbons (Fsp3) is 0.600. The lowest BCUT2D eigenvalue weighted by Crippen LogP contribution is -2.63. The van der Waals surface area contributed by atoms with Gasteiger partial charge >= 0.3 is 0 Å². The molecular weight excluding hydrogens is 210 g/mol. The fourth-order valence-corrected chi connectivity index (χ4v) is 3.69.